The highest BCUT2D eigenvalue weighted by Gasteiger charge is 2.27. The fourth-order valence-corrected chi connectivity index (χ4v) is 3.92. The van der Waals surface area contributed by atoms with E-state index in [0.29, 0.717) is 14.3 Å². The summed E-state index contributed by atoms with van der Waals surface area (Å²) in [5.41, 5.74) is 0.777. The number of carbonyl (C=O) groups is 2. The molecule has 0 atom stereocenters. The van der Waals surface area contributed by atoms with Crippen molar-refractivity contribution in [3.8, 4) is 0 Å². The van der Waals surface area contributed by atoms with Crippen LogP contribution in [0.2, 0.25) is 4.34 Å². The number of benzene rings is 1. The Hall–Kier alpha value is -1.90. The van der Waals surface area contributed by atoms with Gasteiger partial charge in [-0.25, -0.2) is 12.7 Å². The summed E-state index contributed by atoms with van der Waals surface area (Å²) in [6, 6.07) is 9.11. The van der Waals surface area contributed by atoms with Gasteiger partial charge in [0, 0.05) is 19.7 Å². The first kappa shape index (κ1) is 18.4. The molecular formula is C15H15ClN2O4S2. The van der Waals surface area contributed by atoms with Crippen LogP contribution in [-0.4, -0.2) is 33.5 Å². The van der Waals surface area contributed by atoms with Gasteiger partial charge < -0.3 is 4.90 Å². The second-order valence-corrected chi connectivity index (χ2v) is 8.58. The van der Waals surface area contributed by atoms with Crippen LogP contribution < -0.4 is 9.21 Å². The van der Waals surface area contributed by atoms with Gasteiger partial charge in [0.2, 0.25) is 15.9 Å². The molecule has 9 heteroatoms. The van der Waals surface area contributed by atoms with Crippen molar-refractivity contribution in [2.75, 3.05) is 22.5 Å². The van der Waals surface area contributed by atoms with E-state index >= 15 is 0 Å². The summed E-state index contributed by atoms with van der Waals surface area (Å²) in [4.78, 5) is 25.6. The van der Waals surface area contributed by atoms with Crippen molar-refractivity contribution in [3.63, 3.8) is 0 Å². The van der Waals surface area contributed by atoms with E-state index in [1.54, 1.807) is 19.2 Å². The molecule has 1 aromatic heterocycles. The molecule has 6 nitrogen and oxygen atoms in total. The minimum atomic E-state index is -3.84. The molecule has 2 amide bonds. The molecule has 2 rings (SSSR count). The summed E-state index contributed by atoms with van der Waals surface area (Å²) < 4.78 is 25.3. The summed E-state index contributed by atoms with van der Waals surface area (Å²) in [5.74, 6) is -0.839. The molecule has 0 aliphatic rings. The van der Waals surface area contributed by atoms with Gasteiger partial charge in [-0.05, 0) is 36.4 Å². The first-order valence-electron chi connectivity index (χ1n) is 6.75. The van der Waals surface area contributed by atoms with Crippen LogP contribution in [0.4, 0.5) is 11.4 Å². The summed E-state index contributed by atoms with van der Waals surface area (Å²) >= 11 is 6.82. The lowest BCUT2D eigenvalue weighted by molar-refractivity contribution is -0.116. The van der Waals surface area contributed by atoms with Crippen molar-refractivity contribution < 1.29 is 18.0 Å². The molecule has 0 bridgehead atoms. The van der Waals surface area contributed by atoms with Crippen molar-refractivity contribution in [2.45, 2.75) is 6.92 Å². The van der Waals surface area contributed by atoms with Crippen molar-refractivity contribution in [1.29, 1.82) is 0 Å². The Morgan fingerprint density at radius 3 is 2.00 bits per heavy atom. The van der Waals surface area contributed by atoms with Gasteiger partial charge in [-0.15, -0.1) is 11.3 Å². The SMILES string of the molecule is CC(=O)N(C)c1ccc(N(C(=O)c2ccc(Cl)s2)S(C)(=O)=O)cc1. The van der Waals surface area contributed by atoms with Crippen molar-refractivity contribution >= 4 is 56.2 Å². The standard InChI is InChI=1S/C15H15ClN2O4S2/c1-10(19)17(2)11-4-6-12(7-5-11)18(24(3,21)22)15(20)13-8-9-14(16)23-13/h4-9H,1-3H3. The van der Waals surface area contributed by atoms with E-state index in [2.05, 4.69) is 0 Å². The summed E-state index contributed by atoms with van der Waals surface area (Å²) in [6.45, 7) is 1.42. The van der Waals surface area contributed by atoms with Gasteiger partial charge in [0.05, 0.1) is 21.2 Å². The molecule has 0 N–H and O–H groups in total. The van der Waals surface area contributed by atoms with Gasteiger partial charge in [0.15, 0.2) is 0 Å². The largest absolute Gasteiger partial charge is 0.316 e. The fourth-order valence-electron chi connectivity index (χ4n) is 1.98. The highest BCUT2D eigenvalue weighted by molar-refractivity contribution is 7.92. The van der Waals surface area contributed by atoms with E-state index in [0.717, 1.165) is 17.6 Å². The monoisotopic (exact) mass is 386 g/mol. The van der Waals surface area contributed by atoms with E-state index < -0.39 is 15.9 Å². The third-order valence-corrected chi connectivity index (χ3v) is 5.50. The van der Waals surface area contributed by atoms with E-state index in [-0.39, 0.29) is 16.5 Å². The van der Waals surface area contributed by atoms with Crippen LogP contribution in [0.1, 0.15) is 16.6 Å². The van der Waals surface area contributed by atoms with Gasteiger partial charge >= 0.3 is 0 Å². The van der Waals surface area contributed by atoms with Gasteiger partial charge in [-0.1, -0.05) is 11.6 Å². The average molecular weight is 387 g/mol. The summed E-state index contributed by atoms with van der Waals surface area (Å²) in [5, 5.41) is 0. The number of rotatable bonds is 4. The number of nitrogens with zero attached hydrogens (tertiary/aromatic N) is 2. The predicted molar refractivity (Wildman–Crippen MR) is 96.5 cm³/mol. The molecule has 0 fully saturated rings. The number of hydrogen-bond acceptors (Lipinski definition) is 5. The molecule has 0 radical (unpaired) electrons. The van der Waals surface area contributed by atoms with Crippen LogP contribution in [0, 0.1) is 0 Å². The number of anilines is 2. The van der Waals surface area contributed by atoms with E-state index in [1.165, 1.54) is 36.1 Å². The van der Waals surface area contributed by atoms with Crippen LogP contribution in [0.15, 0.2) is 36.4 Å². The number of carbonyl (C=O) groups excluding carboxylic acids is 2. The fraction of sp³-hybridized carbons (Fsp3) is 0.200. The van der Waals surface area contributed by atoms with Crippen LogP contribution in [-0.2, 0) is 14.8 Å². The number of hydrogen-bond donors (Lipinski definition) is 0. The zero-order valence-corrected chi connectivity index (χ0v) is 15.6. The number of amides is 2. The van der Waals surface area contributed by atoms with E-state index in [4.69, 9.17) is 11.6 Å². The van der Waals surface area contributed by atoms with Crippen LogP contribution in [0.5, 0.6) is 0 Å². The molecule has 128 valence electrons. The highest BCUT2D eigenvalue weighted by atomic mass is 35.5. The summed E-state index contributed by atoms with van der Waals surface area (Å²) in [6.07, 6.45) is 0.954. The predicted octanol–water partition coefficient (Wildman–Crippen LogP) is 2.99. The Balaban J connectivity index is 2.43. The molecular weight excluding hydrogens is 372 g/mol. The minimum absolute atomic E-state index is 0.160. The second-order valence-electron chi connectivity index (χ2n) is 5.03. The number of thiophene rings is 1. The normalized spacial score (nSPS) is 11.2. The molecule has 2 aromatic rings. The maximum Gasteiger partial charge on any atom is 0.282 e. The lowest BCUT2D eigenvalue weighted by Crippen LogP contribution is -2.35. The maximum atomic E-state index is 12.6. The lowest BCUT2D eigenvalue weighted by Gasteiger charge is -2.21. The Morgan fingerprint density at radius 1 is 1.04 bits per heavy atom. The first-order chi connectivity index (χ1) is 11.1. The Labute approximate surface area is 149 Å². The number of sulfonamides is 1. The van der Waals surface area contributed by atoms with Crippen molar-refractivity contribution in [1.82, 2.24) is 0 Å². The van der Waals surface area contributed by atoms with Gasteiger partial charge in [-0.2, -0.15) is 0 Å². The van der Waals surface area contributed by atoms with Gasteiger partial charge in [0.1, 0.15) is 0 Å². The Kier molecular flexibility index (Phi) is 5.32. The third kappa shape index (κ3) is 3.95. The molecule has 1 heterocycles. The molecule has 0 spiro atoms. The van der Waals surface area contributed by atoms with Crippen LogP contribution in [0.3, 0.4) is 0 Å². The average Bonchev–Trinajstić information content (AvgIpc) is 2.92. The molecule has 0 aliphatic heterocycles. The first-order valence-corrected chi connectivity index (χ1v) is 9.80. The molecule has 1 aromatic carbocycles. The topological polar surface area (TPSA) is 74.8 Å². The lowest BCUT2D eigenvalue weighted by atomic mass is 10.2. The maximum absolute atomic E-state index is 12.6. The smallest absolute Gasteiger partial charge is 0.282 e. The zero-order valence-electron chi connectivity index (χ0n) is 13.2. The molecule has 0 saturated heterocycles. The van der Waals surface area contributed by atoms with Gasteiger partial charge in [-0.3, -0.25) is 9.59 Å². The van der Waals surface area contributed by atoms with Crippen LogP contribution >= 0.6 is 22.9 Å². The third-order valence-electron chi connectivity index (χ3n) is 3.24. The molecule has 0 aliphatic carbocycles. The second kappa shape index (κ2) is 6.92. The molecule has 24 heavy (non-hydrogen) atoms. The summed E-state index contributed by atoms with van der Waals surface area (Å²) in [7, 11) is -2.24. The Bertz CT molecular complexity index is 875. The van der Waals surface area contributed by atoms with Crippen LogP contribution in [0.25, 0.3) is 0 Å². The Morgan fingerprint density at radius 2 is 1.58 bits per heavy atom. The zero-order chi connectivity index (χ0) is 18.1. The van der Waals surface area contributed by atoms with E-state index in [9.17, 15) is 18.0 Å². The van der Waals surface area contributed by atoms with E-state index in [1.807, 2.05) is 0 Å². The molecule has 0 saturated carbocycles. The van der Waals surface area contributed by atoms with Crippen molar-refractivity contribution in [3.05, 3.63) is 45.6 Å². The highest BCUT2D eigenvalue weighted by Crippen LogP contribution is 2.28. The minimum Gasteiger partial charge on any atom is -0.316 e. The van der Waals surface area contributed by atoms with Crippen molar-refractivity contribution in [2.24, 2.45) is 0 Å². The molecule has 0 unspecified atom stereocenters. The quantitative estimate of drug-likeness (QED) is 0.809. The van der Waals surface area contributed by atoms with Gasteiger partial charge in [0.25, 0.3) is 5.91 Å². The number of halogens is 1.